The van der Waals surface area contributed by atoms with Crippen LogP contribution in [0.1, 0.15) is 5.69 Å². The molecule has 104 valence electrons. The fourth-order valence-electron chi connectivity index (χ4n) is 2.53. The third kappa shape index (κ3) is 2.59. The van der Waals surface area contributed by atoms with Gasteiger partial charge in [0.2, 0.25) is 5.91 Å². The van der Waals surface area contributed by atoms with Crippen molar-refractivity contribution in [3.63, 3.8) is 0 Å². The van der Waals surface area contributed by atoms with Gasteiger partial charge in [-0.25, -0.2) is 4.98 Å². The van der Waals surface area contributed by atoms with E-state index in [1.807, 2.05) is 34.9 Å². The molecular formula is C14H16N4OS. The zero-order valence-corrected chi connectivity index (χ0v) is 12.0. The molecule has 2 saturated heterocycles. The summed E-state index contributed by atoms with van der Waals surface area (Å²) < 4.78 is 0. The van der Waals surface area contributed by atoms with Gasteiger partial charge in [-0.2, -0.15) is 17.0 Å². The Labute approximate surface area is 122 Å². The highest BCUT2D eigenvalue weighted by molar-refractivity contribution is 7.99. The molecule has 1 aromatic rings. The molecule has 2 aliphatic rings. The molecule has 0 aliphatic carbocycles. The summed E-state index contributed by atoms with van der Waals surface area (Å²) in [6.45, 7) is 3.18. The van der Waals surface area contributed by atoms with Crippen molar-refractivity contribution >= 4 is 23.5 Å². The summed E-state index contributed by atoms with van der Waals surface area (Å²) in [7, 11) is 0. The van der Waals surface area contributed by atoms with Gasteiger partial charge in [-0.3, -0.25) is 4.79 Å². The summed E-state index contributed by atoms with van der Waals surface area (Å²) in [4.78, 5) is 20.6. The van der Waals surface area contributed by atoms with Gasteiger partial charge in [0.15, 0.2) is 0 Å². The number of nitrogens with zero attached hydrogens (tertiary/aromatic N) is 4. The number of amides is 1. The van der Waals surface area contributed by atoms with Gasteiger partial charge in [-0.1, -0.05) is 6.07 Å². The fourth-order valence-corrected chi connectivity index (χ4v) is 3.43. The summed E-state index contributed by atoms with van der Waals surface area (Å²) >= 11 is 1.91. The van der Waals surface area contributed by atoms with E-state index in [1.54, 1.807) is 6.07 Å². The molecule has 0 radical (unpaired) electrons. The zero-order chi connectivity index (χ0) is 13.9. The standard InChI is InChI=1S/C14H16N4OS/c15-8-12-2-1-3-13(16-12)18-9-11(10-18)14(19)17-4-6-20-7-5-17/h1-3,11H,4-7,9-10H2. The predicted molar refractivity (Wildman–Crippen MR) is 78.6 cm³/mol. The Kier molecular flexibility index (Phi) is 3.79. The molecule has 20 heavy (non-hydrogen) atoms. The second kappa shape index (κ2) is 5.71. The highest BCUT2D eigenvalue weighted by Crippen LogP contribution is 2.25. The highest BCUT2D eigenvalue weighted by atomic mass is 32.2. The number of nitriles is 1. The van der Waals surface area contributed by atoms with E-state index >= 15 is 0 Å². The largest absolute Gasteiger partial charge is 0.355 e. The molecule has 3 heterocycles. The Balaban J connectivity index is 1.58. The number of carbonyl (C=O) groups excluding carboxylic acids is 1. The monoisotopic (exact) mass is 288 g/mol. The van der Waals surface area contributed by atoms with E-state index in [2.05, 4.69) is 9.88 Å². The first-order valence-electron chi connectivity index (χ1n) is 6.76. The van der Waals surface area contributed by atoms with Gasteiger partial charge in [-0.05, 0) is 12.1 Å². The molecule has 0 saturated carbocycles. The van der Waals surface area contributed by atoms with Crippen molar-refractivity contribution in [2.75, 3.05) is 42.6 Å². The average Bonchev–Trinajstić information content (AvgIpc) is 2.47. The van der Waals surface area contributed by atoms with Gasteiger partial charge in [-0.15, -0.1) is 0 Å². The SMILES string of the molecule is N#Cc1cccc(N2CC(C(=O)N3CCSCC3)C2)n1. The van der Waals surface area contributed by atoms with Crippen LogP contribution >= 0.6 is 11.8 Å². The Morgan fingerprint density at radius 2 is 2.10 bits per heavy atom. The smallest absolute Gasteiger partial charge is 0.229 e. The lowest BCUT2D eigenvalue weighted by Gasteiger charge is -2.42. The number of aromatic nitrogens is 1. The minimum absolute atomic E-state index is 0.0886. The Morgan fingerprint density at radius 3 is 2.80 bits per heavy atom. The predicted octanol–water partition coefficient (Wildman–Crippen LogP) is 0.965. The summed E-state index contributed by atoms with van der Waals surface area (Å²) in [5.41, 5.74) is 0.422. The van der Waals surface area contributed by atoms with Crippen LogP contribution in [0.3, 0.4) is 0 Å². The summed E-state index contributed by atoms with van der Waals surface area (Å²) in [5.74, 6) is 3.26. The second-order valence-corrected chi connectivity index (χ2v) is 6.26. The van der Waals surface area contributed by atoms with Crippen molar-refractivity contribution in [1.29, 1.82) is 5.26 Å². The Hall–Kier alpha value is -1.74. The van der Waals surface area contributed by atoms with Crippen molar-refractivity contribution < 1.29 is 4.79 Å². The molecule has 3 rings (SSSR count). The van der Waals surface area contributed by atoms with Crippen molar-refractivity contribution in [3.05, 3.63) is 23.9 Å². The maximum Gasteiger partial charge on any atom is 0.229 e. The lowest BCUT2D eigenvalue weighted by molar-refractivity contribution is -0.135. The quantitative estimate of drug-likeness (QED) is 0.811. The molecule has 2 fully saturated rings. The zero-order valence-electron chi connectivity index (χ0n) is 11.2. The summed E-state index contributed by atoms with van der Waals surface area (Å²) in [5, 5.41) is 8.85. The molecule has 0 aromatic carbocycles. The van der Waals surface area contributed by atoms with Crippen LogP contribution in [0.4, 0.5) is 5.82 Å². The lowest BCUT2D eigenvalue weighted by atomic mass is 9.98. The third-order valence-electron chi connectivity index (χ3n) is 3.73. The number of anilines is 1. The third-order valence-corrected chi connectivity index (χ3v) is 4.67. The molecule has 0 N–H and O–H groups in total. The molecule has 1 aromatic heterocycles. The minimum Gasteiger partial charge on any atom is -0.355 e. The van der Waals surface area contributed by atoms with E-state index in [1.165, 1.54) is 0 Å². The van der Waals surface area contributed by atoms with E-state index in [9.17, 15) is 4.79 Å². The van der Waals surface area contributed by atoms with Gasteiger partial charge < -0.3 is 9.80 Å². The Morgan fingerprint density at radius 1 is 1.35 bits per heavy atom. The van der Waals surface area contributed by atoms with E-state index < -0.39 is 0 Å². The number of rotatable bonds is 2. The number of thioether (sulfide) groups is 1. The normalized spacial score (nSPS) is 19.4. The molecule has 0 unspecified atom stereocenters. The molecule has 1 amide bonds. The molecule has 0 spiro atoms. The summed E-state index contributed by atoms with van der Waals surface area (Å²) in [6.07, 6.45) is 0. The highest BCUT2D eigenvalue weighted by Gasteiger charge is 2.36. The van der Waals surface area contributed by atoms with Crippen LogP contribution in [0.2, 0.25) is 0 Å². The molecule has 2 aliphatic heterocycles. The van der Waals surface area contributed by atoms with Crippen LogP contribution in [0.25, 0.3) is 0 Å². The minimum atomic E-state index is 0.0886. The molecule has 0 bridgehead atoms. The second-order valence-electron chi connectivity index (χ2n) is 5.03. The van der Waals surface area contributed by atoms with E-state index in [0.29, 0.717) is 18.8 Å². The maximum absolute atomic E-state index is 12.3. The van der Waals surface area contributed by atoms with Gasteiger partial charge in [0.1, 0.15) is 17.6 Å². The first-order chi connectivity index (χ1) is 9.78. The number of carbonyl (C=O) groups is 1. The van der Waals surface area contributed by atoms with Crippen LogP contribution in [0.15, 0.2) is 18.2 Å². The summed E-state index contributed by atoms with van der Waals surface area (Å²) in [6, 6.07) is 7.45. The van der Waals surface area contributed by atoms with Crippen molar-refractivity contribution in [2.45, 2.75) is 0 Å². The van der Waals surface area contributed by atoms with Gasteiger partial charge in [0, 0.05) is 37.7 Å². The fraction of sp³-hybridized carbons (Fsp3) is 0.500. The molecule has 5 nitrogen and oxygen atoms in total. The maximum atomic E-state index is 12.3. The van der Waals surface area contributed by atoms with Crippen LogP contribution in [-0.2, 0) is 4.79 Å². The van der Waals surface area contributed by atoms with Gasteiger partial charge >= 0.3 is 0 Å². The average molecular weight is 288 g/mol. The van der Waals surface area contributed by atoms with Crippen molar-refractivity contribution in [1.82, 2.24) is 9.88 Å². The van der Waals surface area contributed by atoms with Crippen molar-refractivity contribution in [3.8, 4) is 6.07 Å². The first-order valence-corrected chi connectivity index (χ1v) is 7.92. The van der Waals surface area contributed by atoms with Crippen LogP contribution in [0.5, 0.6) is 0 Å². The van der Waals surface area contributed by atoms with E-state index in [4.69, 9.17) is 5.26 Å². The lowest BCUT2D eigenvalue weighted by Crippen LogP contribution is -2.56. The van der Waals surface area contributed by atoms with Crippen LogP contribution < -0.4 is 4.90 Å². The number of hydrogen-bond acceptors (Lipinski definition) is 5. The first kappa shape index (κ1) is 13.3. The van der Waals surface area contributed by atoms with Crippen LogP contribution in [-0.4, -0.2) is 53.5 Å². The topological polar surface area (TPSA) is 60.2 Å². The Bertz CT molecular complexity index is 544. The van der Waals surface area contributed by atoms with Gasteiger partial charge in [0.05, 0.1) is 5.92 Å². The number of pyridine rings is 1. The molecule has 6 heteroatoms. The van der Waals surface area contributed by atoms with E-state index in [-0.39, 0.29) is 11.8 Å². The van der Waals surface area contributed by atoms with Crippen molar-refractivity contribution in [2.24, 2.45) is 5.92 Å². The molecule has 0 atom stereocenters. The van der Waals surface area contributed by atoms with Gasteiger partial charge in [0.25, 0.3) is 0 Å². The van der Waals surface area contributed by atoms with E-state index in [0.717, 1.165) is 30.4 Å². The molecular weight excluding hydrogens is 272 g/mol. The van der Waals surface area contributed by atoms with Crippen LogP contribution in [0, 0.1) is 17.2 Å². The number of hydrogen-bond donors (Lipinski definition) is 0.